The second-order valence-electron chi connectivity index (χ2n) is 5.74. The number of hydrogen-bond acceptors (Lipinski definition) is 8. The van der Waals surface area contributed by atoms with Crippen LogP contribution in [0.2, 0.25) is 0 Å². The lowest BCUT2D eigenvalue weighted by Gasteiger charge is -2.26. The third-order valence-corrected chi connectivity index (χ3v) is 5.92. The lowest BCUT2D eigenvalue weighted by Crippen LogP contribution is -2.40. The summed E-state index contributed by atoms with van der Waals surface area (Å²) in [5.41, 5.74) is 2.99. The number of furan rings is 1. The van der Waals surface area contributed by atoms with E-state index in [1.54, 1.807) is 19.1 Å². The first-order valence-corrected chi connectivity index (χ1v) is 9.54. The van der Waals surface area contributed by atoms with E-state index >= 15 is 0 Å². The fraction of sp³-hybridized carbons (Fsp3) is 0.312. The molecule has 2 heterocycles. The Kier molecular flexibility index (Phi) is 5.54. The molecule has 10 nitrogen and oxygen atoms in total. The van der Waals surface area contributed by atoms with Crippen molar-refractivity contribution in [2.45, 2.75) is 11.8 Å². The molecular weight excluding hydrogens is 376 g/mol. The summed E-state index contributed by atoms with van der Waals surface area (Å²) in [5, 5.41) is 15.2. The van der Waals surface area contributed by atoms with Crippen molar-refractivity contribution in [2.75, 3.05) is 31.7 Å². The maximum Gasteiger partial charge on any atom is 0.270 e. The summed E-state index contributed by atoms with van der Waals surface area (Å²) < 4.78 is 37.6. The van der Waals surface area contributed by atoms with Gasteiger partial charge in [0.25, 0.3) is 5.69 Å². The molecule has 3 rings (SSSR count). The van der Waals surface area contributed by atoms with Crippen LogP contribution >= 0.6 is 0 Å². The number of nitro benzene ring substituents is 1. The first-order valence-electron chi connectivity index (χ1n) is 8.10. The minimum absolute atomic E-state index is 0.137. The standard InChI is InChI=1S/C16H18N4O6S/c1-12(15-3-2-8-26-15)17-18-14-5-4-13(20(21)22)11-16(14)27(23,24)19-6-9-25-10-7-19/h2-5,8,11,18H,6-7,9-10H2,1H3/b17-12-. The quantitative estimate of drug-likeness (QED) is 0.451. The first-order chi connectivity index (χ1) is 12.9. The van der Waals surface area contributed by atoms with E-state index in [1.807, 2.05) is 0 Å². The molecule has 1 aromatic heterocycles. The first kappa shape index (κ1) is 19.0. The smallest absolute Gasteiger partial charge is 0.270 e. The van der Waals surface area contributed by atoms with Gasteiger partial charge in [-0.1, -0.05) is 0 Å². The number of rotatable bonds is 6. The number of hydrogen-bond donors (Lipinski definition) is 1. The van der Waals surface area contributed by atoms with Crippen molar-refractivity contribution in [3.63, 3.8) is 0 Å². The molecule has 0 radical (unpaired) electrons. The van der Waals surface area contributed by atoms with Gasteiger partial charge in [0.1, 0.15) is 16.4 Å². The van der Waals surface area contributed by atoms with Crippen molar-refractivity contribution in [1.82, 2.24) is 4.31 Å². The van der Waals surface area contributed by atoms with E-state index < -0.39 is 14.9 Å². The van der Waals surface area contributed by atoms with Crippen LogP contribution in [0.5, 0.6) is 0 Å². The zero-order valence-corrected chi connectivity index (χ0v) is 15.3. The minimum Gasteiger partial charge on any atom is -0.463 e. The van der Waals surface area contributed by atoms with Gasteiger partial charge in [0, 0.05) is 25.2 Å². The number of nitrogens with zero attached hydrogens (tertiary/aromatic N) is 3. The van der Waals surface area contributed by atoms with E-state index in [1.165, 1.54) is 22.7 Å². The maximum atomic E-state index is 13.0. The SMILES string of the molecule is C/C(=N/Nc1ccc([N+](=O)[O-])cc1S(=O)(=O)N1CCOCC1)c1ccco1. The fourth-order valence-corrected chi connectivity index (χ4v) is 4.11. The molecule has 0 aliphatic carbocycles. The number of nitrogens with one attached hydrogen (secondary N) is 1. The number of non-ortho nitro benzene ring substituents is 1. The third-order valence-electron chi connectivity index (χ3n) is 3.99. The van der Waals surface area contributed by atoms with Crippen molar-refractivity contribution >= 4 is 27.1 Å². The summed E-state index contributed by atoms with van der Waals surface area (Å²) in [7, 11) is -3.96. The number of sulfonamides is 1. The van der Waals surface area contributed by atoms with Crippen LogP contribution in [0.15, 0.2) is 51.0 Å². The maximum absolute atomic E-state index is 13.0. The highest BCUT2D eigenvalue weighted by Crippen LogP contribution is 2.29. The highest BCUT2D eigenvalue weighted by atomic mass is 32.2. The average Bonchev–Trinajstić information content (AvgIpc) is 3.21. The Balaban J connectivity index is 1.98. The third kappa shape index (κ3) is 4.15. The molecule has 1 aromatic carbocycles. The highest BCUT2D eigenvalue weighted by Gasteiger charge is 2.30. The second-order valence-corrected chi connectivity index (χ2v) is 7.65. The lowest BCUT2D eigenvalue weighted by molar-refractivity contribution is -0.385. The van der Waals surface area contributed by atoms with Gasteiger partial charge < -0.3 is 9.15 Å². The van der Waals surface area contributed by atoms with Gasteiger partial charge in [-0.25, -0.2) is 8.42 Å². The van der Waals surface area contributed by atoms with Gasteiger partial charge in [0.15, 0.2) is 0 Å². The predicted octanol–water partition coefficient (Wildman–Crippen LogP) is 2.04. The molecule has 0 atom stereocenters. The molecule has 0 unspecified atom stereocenters. The van der Waals surface area contributed by atoms with Crippen LogP contribution in [0.4, 0.5) is 11.4 Å². The highest BCUT2D eigenvalue weighted by molar-refractivity contribution is 7.89. The summed E-state index contributed by atoms with van der Waals surface area (Å²) in [5.74, 6) is 0.516. The number of ether oxygens (including phenoxy) is 1. The van der Waals surface area contributed by atoms with Crippen LogP contribution in [0.3, 0.4) is 0 Å². The molecule has 1 aliphatic heterocycles. The summed E-state index contributed by atoms with van der Waals surface area (Å²) >= 11 is 0. The van der Waals surface area contributed by atoms with Gasteiger partial charge in [-0.15, -0.1) is 0 Å². The molecule has 2 aromatic rings. The zero-order chi connectivity index (χ0) is 19.4. The largest absolute Gasteiger partial charge is 0.463 e. The molecule has 0 bridgehead atoms. The van der Waals surface area contributed by atoms with Crippen LogP contribution in [0, 0.1) is 10.1 Å². The summed E-state index contributed by atoms with van der Waals surface area (Å²) in [6, 6.07) is 6.99. The topological polar surface area (TPSA) is 127 Å². The Morgan fingerprint density at radius 2 is 2.04 bits per heavy atom. The number of morpholine rings is 1. The Labute approximate surface area is 155 Å². The van der Waals surface area contributed by atoms with Crippen molar-refractivity contribution in [2.24, 2.45) is 5.10 Å². The summed E-state index contributed by atoms with van der Waals surface area (Å²) in [6.45, 7) is 2.59. The van der Waals surface area contributed by atoms with E-state index in [-0.39, 0.29) is 42.6 Å². The Morgan fingerprint density at radius 1 is 1.30 bits per heavy atom. The minimum atomic E-state index is -3.96. The van der Waals surface area contributed by atoms with Crippen molar-refractivity contribution < 1.29 is 22.5 Å². The summed E-state index contributed by atoms with van der Waals surface area (Å²) in [4.78, 5) is 10.3. The lowest BCUT2D eigenvalue weighted by atomic mass is 10.3. The molecule has 11 heteroatoms. The zero-order valence-electron chi connectivity index (χ0n) is 14.5. The van der Waals surface area contributed by atoms with Crippen molar-refractivity contribution in [3.8, 4) is 0 Å². The molecule has 1 saturated heterocycles. The van der Waals surface area contributed by atoms with Gasteiger partial charge in [-0.3, -0.25) is 15.5 Å². The van der Waals surface area contributed by atoms with Gasteiger partial charge in [0.2, 0.25) is 10.0 Å². The van der Waals surface area contributed by atoms with Crippen LogP contribution in [-0.2, 0) is 14.8 Å². The fourth-order valence-electron chi connectivity index (χ4n) is 2.54. The second kappa shape index (κ2) is 7.86. The Morgan fingerprint density at radius 3 is 2.67 bits per heavy atom. The van der Waals surface area contributed by atoms with Crippen LogP contribution in [0.25, 0.3) is 0 Å². The Hall–Kier alpha value is -2.76. The summed E-state index contributed by atoms with van der Waals surface area (Å²) in [6.07, 6.45) is 1.49. The van der Waals surface area contributed by atoms with E-state index in [4.69, 9.17) is 9.15 Å². The van der Waals surface area contributed by atoms with Gasteiger partial charge in [-0.2, -0.15) is 9.41 Å². The molecular formula is C16H18N4O6S. The van der Waals surface area contributed by atoms with Crippen molar-refractivity contribution in [1.29, 1.82) is 0 Å². The van der Waals surface area contributed by atoms with Crippen LogP contribution in [-0.4, -0.2) is 49.7 Å². The molecule has 0 spiro atoms. The van der Waals surface area contributed by atoms with E-state index in [0.717, 1.165) is 6.07 Å². The molecule has 0 amide bonds. The van der Waals surface area contributed by atoms with Crippen LogP contribution < -0.4 is 5.43 Å². The molecule has 1 fully saturated rings. The molecule has 144 valence electrons. The number of nitro groups is 1. The average molecular weight is 394 g/mol. The number of hydrazone groups is 1. The van der Waals surface area contributed by atoms with E-state index in [2.05, 4.69) is 10.5 Å². The van der Waals surface area contributed by atoms with Gasteiger partial charge in [-0.05, 0) is 25.1 Å². The molecule has 1 N–H and O–H groups in total. The molecule has 0 saturated carbocycles. The number of anilines is 1. The van der Waals surface area contributed by atoms with Crippen LogP contribution in [0.1, 0.15) is 12.7 Å². The predicted molar refractivity (Wildman–Crippen MR) is 97.2 cm³/mol. The van der Waals surface area contributed by atoms with E-state index in [0.29, 0.717) is 11.5 Å². The van der Waals surface area contributed by atoms with E-state index in [9.17, 15) is 18.5 Å². The monoisotopic (exact) mass is 394 g/mol. The molecule has 27 heavy (non-hydrogen) atoms. The normalized spacial score (nSPS) is 16.3. The number of benzene rings is 1. The molecule has 1 aliphatic rings. The van der Waals surface area contributed by atoms with Gasteiger partial charge in [0.05, 0.1) is 30.1 Å². The van der Waals surface area contributed by atoms with Crippen molar-refractivity contribution in [3.05, 3.63) is 52.5 Å². The Bertz CT molecular complexity index is 949. The van der Waals surface area contributed by atoms with Gasteiger partial charge >= 0.3 is 0 Å².